The van der Waals surface area contributed by atoms with Gasteiger partial charge in [-0.1, -0.05) is 26.2 Å². The molecular formula is C22H16F17N. The summed E-state index contributed by atoms with van der Waals surface area (Å²) in [7, 11) is 0. The van der Waals surface area contributed by atoms with Gasteiger partial charge < -0.3 is 0 Å². The number of hydrogen-bond donors (Lipinski definition) is 1. The van der Waals surface area contributed by atoms with Crippen molar-refractivity contribution in [3.63, 3.8) is 0 Å². The predicted molar refractivity (Wildman–Crippen MR) is 104 cm³/mol. The van der Waals surface area contributed by atoms with Gasteiger partial charge in [-0.15, -0.1) is 0 Å². The van der Waals surface area contributed by atoms with Crippen LogP contribution in [0.5, 0.6) is 0 Å². The zero-order valence-corrected chi connectivity index (χ0v) is 19.7. The van der Waals surface area contributed by atoms with Crippen molar-refractivity contribution in [3.8, 4) is 11.1 Å². The molecule has 1 nitrogen and oxygen atoms in total. The molecule has 0 aliphatic rings. The summed E-state index contributed by atoms with van der Waals surface area (Å²) in [5, 5.41) is 0.440. The quantitative estimate of drug-likeness (QED) is 0.0923. The van der Waals surface area contributed by atoms with Crippen molar-refractivity contribution in [2.75, 3.05) is 6.80 Å². The molecule has 0 fully saturated rings. The van der Waals surface area contributed by atoms with E-state index in [0.29, 0.717) is 18.2 Å². The van der Waals surface area contributed by atoms with Gasteiger partial charge in [-0.05, 0) is 6.42 Å². The molecule has 0 saturated heterocycles. The maximum absolute atomic E-state index is 13.4. The minimum absolute atomic E-state index is 0.254. The lowest BCUT2D eigenvalue weighted by molar-refractivity contribution is -0.322. The molecule has 0 unspecified atom stereocenters. The van der Waals surface area contributed by atoms with Crippen LogP contribution in [0.1, 0.15) is 39.0 Å². The number of alkyl halides is 7. The highest BCUT2D eigenvalue weighted by Crippen LogP contribution is 2.46. The number of unbranched alkanes of at least 4 members (excludes halogenated alkanes) is 3. The molecule has 2 rings (SSSR count). The molecule has 0 radical (unpaired) electrons. The third kappa shape index (κ3) is 6.74. The van der Waals surface area contributed by atoms with Crippen LogP contribution in [-0.4, -0.2) is 24.7 Å². The minimum atomic E-state index is -5.63. The Labute approximate surface area is 214 Å². The highest BCUT2D eigenvalue weighted by molar-refractivity contribution is 5.67. The predicted octanol–water partition coefficient (Wildman–Crippen LogP) is 9.08. The van der Waals surface area contributed by atoms with Crippen LogP contribution in [0.4, 0.5) is 74.6 Å². The monoisotopic (exact) mass is 617 g/mol. The largest absolute Gasteiger partial charge is 0.386 e. The first kappa shape index (κ1) is 35.2. The van der Waals surface area contributed by atoms with E-state index in [0.717, 1.165) is 0 Å². The molecule has 1 N–H and O–H groups in total. The van der Waals surface area contributed by atoms with Crippen molar-refractivity contribution < 1.29 is 74.6 Å². The van der Waals surface area contributed by atoms with E-state index in [2.05, 4.69) is 0 Å². The first-order valence-corrected chi connectivity index (χ1v) is 10.7. The summed E-state index contributed by atoms with van der Waals surface area (Å²) in [6.45, 7) is -0.236. The highest BCUT2D eigenvalue weighted by atomic mass is 19.3. The third-order valence-electron chi connectivity index (χ3n) is 5.16. The Bertz CT molecular complexity index is 1070. The number of hydrogen-bond acceptors (Lipinski definition) is 1. The molecule has 40 heavy (non-hydrogen) atoms. The topological polar surface area (TPSA) is 12.0 Å². The Morgan fingerprint density at radius 3 is 1.12 bits per heavy atom. The molecule has 0 aromatic heterocycles. The van der Waals surface area contributed by atoms with E-state index in [1.54, 1.807) is 6.92 Å². The molecule has 2 aromatic carbocycles. The molecule has 0 aliphatic heterocycles. The van der Waals surface area contributed by atoms with Crippen molar-refractivity contribution in [3.05, 3.63) is 58.2 Å². The van der Waals surface area contributed by atoms with Gasteiger partial charge in [-0.25, -0.2) is 53.6 Å². The second-order valence-electron chi connectivity index (χ2n) is 7.86. The number of nitrogens with one attached hydrogen (secondary N) is 1. The smallest absolute Gasteiger partial charge is 0.234 e. The SMILES string of the molecule is CCCCCCC(F)(F)C(F)(F)C(F)(F)NCF.Fc1c(F)c(F)c(-c2c(F)c(F)c(F)c(F)c2F)c(F)c1F. The molecule has 0 bridgehead atoms. The molecule has 18 heteroatoms. The molecular weight excluding hydrogens is 601 g/mol. The van der Waals surface area contributed by atoms with E-state index in [4.69, 9.17) is 0 Å². The first-order valence-electron chi connectivity index (χ1n) is 10.7. The van der Waals surface area contributed by atoms with Crippen LogP contribution in [0.2, 0.25) is 0 Å². The summed E-state index contributed by atoms with van der Waals surface area (Å²) in [5.74, 6) is -37.2. The van der Waals surface area contributed by atoms with E-state index in [9.17, 15) is 74.6 Å². The zero-order valence-electron chi connectivity index (χ0n) is 19.7. The Balaban J connectivity index is 0.000000410. The fourth-order valence-corrected chi connectivity index (χ4v) is 3.00. The molecule has 228 valence electrons. The number of rotatable bonds is 10. The maximum Gasteiger partial charge on any atom is 0.386 e. The van der Waals surface area contributed by atoms with Crippen LogP contribution in [0.15, 0.2) is 0 Å². The summed E-state index contributed by atoms with van der Waals surface area (Å²) < 4.78 is 220. The lowest BCUT2D eigenvalue weighted by atomic mass is 10.0. The van der Waals surface area contributed by atoms with Gasteiger partial charge >= 0.3 is 17.9 Å². The summed E-state index contributed by atoms with van der Waals surface area (Å²) in [6, 6.07) is -5.28. The Hall–Kier alpha value is -2.79. The molecule has 0 aliphatic carbocycles. The van der Waals surface area contributed by atoms with Crippen LogP contribution < -0.4 is 5.32 Å². The van der Waals surface area contributed by atoms with E-state index < -0.39 is 100 Å². The Morgan fingerprint density at radius 1 is 0.500 bits per heavy atom. The molecule has 0 amide bonds. The average Bonchev–Trinajstić information content (AvgIpc) is 2.88. The van der Waals surface area contributed by atoms with Gasteiger partial charge in [-0.3, -0.25) is 0 Å². The fourth-order valence-electron chi connectivity index (χ4n) is 3.00. The molecule has 0 heterocycles. The van der Waals surface area contributed by atoms with Gasteiger partial charge in [0, 0.05) is 6.42 Å². The summed E-state index contributed by atoms with van der Waals surface area (Å²) in [6.07, 6.45) is -0.141. The Morgan fingerprint density at radius 2 is 0.825 bits per heavy atom. The van der Waals surface area contributed by atoms with Crippen molar-refractivity contribution in [2.45, 2.75) is 56.9 Å². The molecule has 0 saturated carbocycles. The van der Waals surface area contributed by atoms with Gasteiger partial charge in [0.25, 0.3) is 0 Å². The average molecular weight is 617 g/mol. The van der Waals surface area contributed by atoms with Crippen molar-refractivity contribution in [2.24, 2.45) is 0 Å². The molecule has 0 spiro atoms. The molecule has 0 atom stereocenters. The second kappa shape index (κ2) is 13.2. The van der Waals surface area contributed by atoms with Crippen LogP contribution in [0.25, 0.3) is 11.1 Å². The maximum atomic E-state index is 13.4. The Kier molecular flexibility index (Phi) is 11.7. The van der Waals surface area contributed by atoms with E-state index in [-0.39, 0.29) is 12.8 Å². The minimum Gasteiger partial charge on any atom is -0.234 e. The van der Waals surface area contributed by atoms with Gasteiger partial charge in [-0.2, -0.15) is 26.3 Å². The van der Waals surface area contributed by atoms with E-state index >= 15 is 0 Å². The lowest BCUT2D eigenvalue weighted by Crippen LogP contribution is -2.60. The van der Waals surface area contributed by atoms with E-state index in [1.807, 2.05) is 0 Å². The lowest BCUT2D eigenvalue weighted by Gasteiger charge is -2.32. The van der Waals surface area contributed by atoms with Gasteiger partial charge in [0.15, 0.2) is 46.5 Å². The van der Waals surface area contributed by atoms with Crippen LogP contribution >= 0.6 is 0 Å². The van der Waals surface area contributed by atoms with Crippen LogP contribution in [-0.2, 0) is 0 Å². The zero-order chi connectivity index (χ0) is 31.4. The number of halogens is 17. The summed E-state index contributed by atoms with van der Waals surface area (Å²) in [5.41, 5.74) is -4.52. The molecule has 2 aromatic rings. The van der Waals surface area contributed by atoms with Crippen molar-refractivity contribution in [1.29, 1.82) is 0 Å². The van der Waals surface area contributed by atoms with Crippen molar-refractivity contribution >= 4 is 0 Å². The van der Waals surface area contributed by atoms with E-state index in [1.165, 1.54) is 0 Å². The normalized spacial score (nSPS) is 12.4. The van der Waals surface area contributed by atoms with Gasteiger partial charge in [0.2, 0.25) is 11.6 Å². The van der Waals surface area contributed by atoms with Gasteiger partial charge in [0.1, 0.15) is 6.80 Å². The van der Waals surface area contributed by atoms with Gasteiger partial charge in [0.05, 0.1) is 11.1 Å². The fraction of sp³-hybridized carbons (Fsp3) is 0.455. The summed E-state index contributed by atoms with van der Waals surface area (Å²) >= 11 is 0. The van der Waals surface area contributed by atoms with Crippen molar-refractivity contribution in [1.82, 2.24) is 5.32 Å². The highest BCUT2D eigenvalue weighted by Gasteiger charge is 2.70. The van der Waals surface area contributed by atoms with Crippen LogP contribution in [0, 0.1) is 58.2 Å². The summed E-state index contributed by atoms with van der Waals surface area (Å²) in [4.78, 5) is 0. The van der Waals surface area contributed by atoms with Crippen LogP contribution in [0.3, 0.4) is 0 Å². The third-order valence-corrected chi connectivity index (χ3v) is 5.16. The first-order chi connectivity index (χ1) is 18.2. The standard InChI is InChI=1S/C12F10.C10H16F7N/c13-3-1(4(14)8(18)11(21)7(3)17)2-5(15)9(19)12(22)10(20)6(2)16;1-2-3-4-5-6-8(12,13)9(14,15)10(16,17)18-7-11/h;18H,2-7H2,1H3. The number of benzene rings is 2. The second-order valence-corrected chi connectivity index (χ2v) is 7.86.